The van der Waals surface area contributed by atoms with E-state index in [1.54, 1.807) is 50.3 Å². The molecule has 0 saturated carbocycles. The molecule has 1 fully saturated rings. The topological polar surface area (TPSA) is 291 Å². The number of hydroxylamine groups is 2. The monoisotopic (exact) mass is 1240 g/mol. The molecule has 85 heavy (non-hydrogen) atoms. The minimum Gasteiger partial charge on any atom is -0.507 e. The van der Waals surface area contributed by atoms with Crippen molar-refractivity contribution in [2.75, 3.05) is 168 Å². The maximum Gasteiger partial charge on any atom is 0.333 e. The molecule has 2 amide bonds. The highest BCUT2D eigenvalue weighted by Gasteiger charge is 2.44. The molecule has 0 bridgehead atoms. The number of carbonyl (C=O) groups is 3. The zero-order valence-corrected chi connectivity index (χ0v) is 51.8. The van der Waals surface area contributed by atoms with Crippen molar-refractivity contribution in [3.05, 3.63) is 89.7 Å². The van der Waals surface area contributed by atoms with E-state index in [1.807, 2.05) is 39.0 Å². The Labute approximate surface area is 501 Å². The predicted molar refractivity (Wildman–Crippen MR) is 317 cm³/mol. The van der Waals surface area contributed by atoms with Gasteiger partial charge in [-0.1, -0.05) is 45.6 Å². The average molecular weight is 1240 g/mol. The number of hydrogen-bond donors (Lipinski definition) is 3. The number of amides is 2. The van der Waals surface area contributed by atoms with Gasteiger partial charge in [0.2, 0.25) is 0 Å². The molecule has 2 aromatic rings. The van der Waals surface area contributed by atoms with Crippen LogP contribution in [0.25, 0.3) is 5.57 Å². The second-order valence-electron chi connectivity index (χ2n) is 21.0. The molecule has 0 aliphatic carbocycles. The lowest BCUT2D eigenvalue weighted by Crippen LogP contribution is -2.32. The number of allylic oxidation sites excluding steroid dienone is 7. The molecule has 0 radical (unpaired) electrons. The number of ether oxygens (including phenoxy) is 10. The third-order valence-corrected chi connectivity index (χ3v) is 15.1. The van der Waals surface area contributed by atoms with Gasteiger partial charge in [-0.2, -0.15) is 16.8 Å². The first kappa shape index (κ1) is 72.3. The number of aromatic hydroxyl groups is 1. The zero-order chi connectivity index (χ0) is 62.3. The Balaban J connectivity index is 1.53. The second kappa shape index (κ2) is 37.5. The molecule has 0 spiro atoms. The summed E-state index contributed by atoms with van der Waals surface area (Å²) in [7, 11) is -5.82. The van der Waals surface area contributed by atoms with Crippen LogP contribution in [-0.2, 0) is 92.2 Å². The standard InChI is InChI=1S/C59H89N3O21S2/c1-46(11-8-12-54-59(5,20-9-13-57(66)83-62-55(64)18-19-56(62)65)51-45-48(85(70,71)72)15-17-52(51)61(54)21-10-42-84(67,68)69)43-50(58(2,3)4)49-16-14-47(44-53(49)63)60(22-24-75-30-32-79-38-40-81-36-34-77-28-26-73-6)23-25-76-31-33-80-39-41-82-37-35-78-29-27-74-7/h8,11-12,14-17,43-45,63H,1,9-10,13,18-42H2,2-7H3,(H,67,68,69)(H,70,71,72)/b11-8+,50-43+,54-12+. The van der Waals surface area contributed by atoms with Crippen molar-refractivity contribution < 1.29 is 97.6 Å². The highest BCUT2D eigenvalue weighted by molar-refractivity contribution is 7.86. The molecule has 1 unspecified atom stereocenters. The number of rotatable bonds is 45. The van der Waals surface area contributed by atoms with Crippen LogP contribution in [0.1, 0.15) is 77.3 Å². The molecule has 2 aliphatic heterocycles. The minimum atomic E-state index is -4.69. The van der Waals surface area contributed by atoms with Crippen LogP contribution in [0, 0.1) is 5.41 Å². The summed E-state index contributed by atoms with van der Waals surface area (Å²) in [6.07, 6.45) is 6.92. The first-order valence-corrected chi connectivity index (χ1v) is 31.4. The van der Waals surface area contributed by atoms with Crippen molar-refractivity contribution >= 4 is 55.0 Å². The van der Waals surface area contributed by atoms with Crippen LogP contribution in [-0.4, -0.2) is 212 Å². The summed E-state index contributed by atoms with van der Waals surface area (Å²) in [5.41, 5.74) is 2.44. The van der Waals surface area contributed by atoms with Gasteiger partial charge in [0.25, 0.3) is 32.1 Å². The number of methoxy groups -OCH3 is 2. The Kier molecular flexibility index (Phi) is 31.9. The lowest BCUT2D eigenvalue weighted by atomic mass is 9.77. The van der Waals surface area contributed by atoms with Gasteiger partial charge < -0.3 is 67.1 Å². The van der Waals surface area contributed by atoms with E-state index in [2.05, 4.69) is 11.5 Å². The number of carbonyl (C=O) groups excluding carboxylic acids is 3. The lowest BCUT2D eigenvalue weighted by Gasteiger charge is -2.30. The van der Waals surface area contributed by atoms with E-state index in [-0.39, 0.29) is 50.8 Å². The normalized spacial score (nSPS) is 16.4. The number of phenolic OH excluding ortho intramolecular Hbond substituents is 1. The maximum atomic E-state index is 12.9. The van der Waals surface area contributed by atoms with Gasteiger partial charge in [0, 0.05) is 87.2 Å². The second-order valence-corrected chi connectivity index (χ2v) is 24.0. The molecule has 1 saturated heterocycles. The van der Waals surface area contributed by atoms with Crippen molar-refractivity contribution in [1.29, 1.82) is 0 Å². The summed E-state index contributed by atoms with van der Waals surface area (Å²) in [5, 5.41) is 12.3. The van der Waals surface area contributed by atoms with E-state index in [9.17, 15) is 45.4 Å². The van der Waals surface area contributed by atoms with Gasteiger partial charge >= 0.3 is 5.97 Å². The summed E-state index contributed by atoms with van der Waals surface area (Å²) in [6, 6.07) is 9.50. The van der Waals surface area contributed by atoms with E-state index in [0.29, 0.717) is 165 Å². The van der Waals surface area contributed by atoms with Crippen LogP contribution in [0.3, 0.4) is 0 Å². The van der Waals surface area contributed by atoms with Crippen molar-refractivity contribution in [3.8, 4) is 5.75 Å². The Bertz CT molecular complexity index is 2700. The lowest BCUT2D eigenvalue weighted by molar-refractivity contribution is -0.197. The van der Waals surface area contributed by atoms with Gasteiger partial charge in [0.1, 0.15) is 5.75 Å². The largest absolute Gasteiger partial charge is 0.507 e. The Hall–Kier alpha value is -5.17. The van der Waals surface area contributed by atoms with Gasteiger partial charge in [0.05, 0.1) is 130 Å². The third kappa shape index (κ3) is 26.0. The molecule has 1 atom stereocenters. The van der Waals surface area contributed by atoms with E-state index < -0.39 is 59.5 Å². The van der Waals surface area contributed by atoms with Crippen molar-refractivity contribution in [1.82, 2.24) is 5.06 Å². The first-order chi connectivity index (χ1) is 40.5. The molecule has 4 rings (SSSR count). The number of nitrogens with zero attached hydrogens (tertiary/aromatic N) is 3. The molecule has 24 nitrogen and oxygen atoms in total. The Morgan fingerprint density at radius 2 is 1.20 bits per heavy atom. The molecule has 2 aliphatic rings. The van der Waals surface area contributed by atoms with E-state index in [4.69, 9.17) is 52.2 Å². The third-order valence-electron chi connectivity index (χ3n) is 13.5. The number of anilines is 2. The molecular weight excluding hydrogens is 1150 g/mol. The Morgan fingerprint density at radius 3 is 1.66 bits per heavy atom. The summed E-state index contributed by atoms with van der Waals surface area (Å²) < 4.78 is 123. The maximum absolute atomic E-state index is 12.9. The van der Waals surface area contributed by atoms with Crippen LogP contribution in [0.4, 0.5) is 11.4 Å². The summed E-state index contributed by atoms with van der Waals surface area (Å²) in [4.78, 5) is 45.8. The van der Waals surface area contributed by atoms with E-state index in [1.165, 1.54) is 18.2 Å². The van der Waals surface area contributed by atoms with Gasteiger partial charge in [-0.05, 0) is 84.7 Å². The fraction of sp³-hybridized carbons (Fsp3) is 0.610. The molecule has 478 valence electrons. The van der Waals surface area contributed by atoms with Crippen molar-refractivity contribution in [3.63, 3.8) is 0 Å². The molecule has 3 N–H and O–H groups in total. The SMILES string of the molecule is C=C(/C=C(\c1ccc(N(CCOCCOCCOCCOCCOC)CCOCCOCCOCCOCCOC)cc1O)C(C)(C)C)/C=C/C=C1/N(CCCS(=O)(=O)O)c2ccc(S(=O)(=O)O)cc2C1(C)CCCC(=O)ON1C(=O)CCC1=O. The van der Waals surface area contributed by atoms with Crippen LogP contribution >= 0.6 is 0 Å². The predicted octanol–water partition coefficient (Wildman–Crippen LogP) is 6.13. The average Bonchev–Trinajstić information content (AvgIpc) is 1.70. The van der Waals surface area contributed by atoms with Crippen LogP contribution in [0.2, 0.25) is 0 Å². The quantitative estimate of drug-likeness (QED) is 0.0291. The fourth-order valence-corrected chi connectivity index (χ4v) is 10.2. The summed E-state index contributed by atoms with van der Waals surface area (Å²) in [5.74, 6) is -2.65. The number of imide groups is 1. The molecule has 0 aromatic heterocycles. The zero-order valence-electron chi connectivity index (χ0n) is 50.1. The molecule has 26 heteroatoms. The molecular formula is C59H89N3O21S2. The highest BCUT2D eigenvalue weighted by Crippen LogP contribution is 2.51. The number of fused-ring (bicyclic) bond motifs is 1. The van der Waals surface area contributed by atoms with Crippen molar-refractivity contribution in [2.45, 2.75) is 76.5 Å². The number of phenols is 1. The fourth-order valence-electron chi connectivity index (χ4n) is 9.16. The van der Waals surface area contributed by atoms with Crippen LogP contribution < -0.4 is 9.80 Å². The molecule has 2 heterocycles. The van der Waals surface area contributed by atoms with E-state index >= 15 is 0 Å². The minimum absolute atomic E-state index is 0.0190. The number of benzene rings is 2. The van der Waals surface area contributed by atoms with E-state index in [0.717, 1.165) is 11.3 Å². The summed E-state index contributed by atoms with van der Waals surface area (Å²) in [6.45, 7) is 20.9. The van der Waals surface area contributed by atoms with Gasteiger partial charge in [-0.15, -0.1) is 5.06 Å². The van der Waals surface area contributed by atoms with Gasteiger partial charge in [-0.3, -0.25) is 18.7 Å². The van der Waals surface area contributed by atoms with Gasteiger partial charge in [0.15, 0.2) is 0 Å². The van der Waals surface area contributed by atoms with Gasteiger partial charge in [-0.25, -0.2) is 4.79 Å². The van der Waals surface area contributed by atoms with Crippen LogP contribution in [0.5, 0.6) is 5.75 Å². The van der Waals surface area contributed by atoms with Crippen molar-refractivity contribution in [2.24, 2.45) is 5.41 Å². The smallest absolute Gasteiger partial charge is 0.333 e. The first-order valence-electron chi connectivity index (χ1n) is 28.4. The number of hydrogen-bond acceptors (Lipinski definition) is 21. The molecule has 2 aromatic carbocycles. The summed E-state index contributed by atoms with van der Waals surface area (Å²) >= 11 is 0. The highest BCUT2D eigenvalue weighted by atomic mass is 32.2. The van der Waals surface area contributed by atoms with Crippen LogP contribution in [0.15, 0.2) is 83.4 Å². The Morgan fingerprint density at radius 1 is 0.706 bits per heavy atom.